The van der Waals surface area contributed by atoms with E-state index in [2.05, 4.69) is 15.5 Å². The highest BCUT2D eigenvalue weighted by molar-refractivity contribution is 6.30. The molecule has 1 aromatic heterocycles. The van der Waals surface area contributed by atoms with Crippen LogP contribution in [0.2, 0.25) is 5.02 Å². The number of amides is 1. The zero-order valence-corrected chi connectivity index (χ0v) is 11.4. The van der Waals surface area contributed by atoms with Gasteiger partial charge in [0, 0.05) is 10.7 Å². The van der Waals surface area contributed by atoms with Crippen LogP contribution in [-0.4, -0.2) is 21.4 Å². The maximum Gasteiger partial charge on any atom is 0.211 e. The van der Waals surface area contributed by atoms with Crippen molar-refractivity contribution in [3.8, 4) is 5.69 Å². The molecule has 1 N–H and O–H groups in total. The topological polar surface area (TPSA) is 59.8 Å². The molecule has 0 aliphatic carbocycles. The largest absolute Gasteiger partial charge is 0.328 e. The predicted octanol–water partition coefficient (Wildman–Crippen LogP) is 2.95. The van der Waals surface area contributed by atoms with Gasteiger partial charge in [0.1, 0.15) is 11.0 Å². The Morgan fingerprint density at radius 3 is 2.45 bits per heavy atom. The highest BCUT2D eigenvalue weighted by Gasteiger charge is 2.08. The second-order valence-electron chi connectivity index (χ2n) is 4.38. The Bertz CT molecular complexity index is 780. The number of halogens is 1. The third-order valence-corrected chi connectivity index (χ3v) is 3.25. The molecule has 0 spiro atoms. The summed E-state index contributed by atoms with van der Waals surface area (Å²) in [6, 6.07) is 11.0. The lowest BCUT2D eigenvalue weighted by molar-refractivity contribution is -0.105. The molecule has 5 nitrogen and oxygen atoms in total. The normalized spacial score (nSPS) is 10.7. The highest BCUT2D eigenvalue weighted by Crippen LogP contribution is 2.22. The van der Waals surface area contributed by atoms with E-state index in [-0.39, 0.29) is 0 Å². The monoisotopic (exact) mass is 286 g/mol. The summed E-state index contributed by atoms with van der Waals surface area (Å²) in [5.41, 5.74) is 3.99. The van der Waals surface area contributed by atoms with Crippen LogP contribution in [0.3, 0.4) is 0 Å². The van der Waals surface area contributed by atoms with E-state index in [1.165, 1.54) is 0 Å². The maximum atomic E-state index is 10.6. The molecule has 0 unspecified atom stereocenters. The quantitative estimate of drug-likeness (QED) is 0.753. The van der Waals surface area contributed by atoms with Crippen molar-refractivity contribution in [3.63, 3.8) is 0 Å². The second-order valence-corrected chi connectivity index (χ2v) is 4.82. The second kappa shape index (κ2) is 4.94. The van der Waals surface area contributed by atoms with E-state index in [1.54, 1.807) is 23.0 Å². The lowest BCUT2D eigenvalue weighted by atomic mass is 10.2. The van der Waals surface area contributed by atoms with Gasteiger partial charge < -0.3 is 5.32 Å². The summed E-state index contributed by atoms with van der Waals surface area (Å²) in [5.74, 6) is 0. The number of fused-ring (bicyclic) bond motifs is 1. The molecule has 0 atom stereocenters. The molecule has 2 aromatic carbocycles. The lowest BCUT2D eigenvalue weighted by Gasteiger charge is -2.01. The summed E-state index contributed by atoms with van der Waals surface area (Å²) in [7, 11) is 0. The number of aryl methyl sites for hydroxylation is 1. The van der Waals surface area contributed by atoms with E-state index < -0.39 is 0 Å². The Labute approximate surface area is 120 Å². The number of aromatic nitrogens is 3. The number of carbonyl (C=O) groups excluding carboxylic acids is 1. The van der Waals surface area contributed by atoms with Crippen LogP contribution in [0.5, 0.6) is 0 Å². The highest BCUT2D eigenvalue weighted by atomic mass is 35.5. The van der Waals surface area contributed by atoms with Crippen LogP contribution in [0.4, 0.5) is 5.69 Å². The standard InChI is InChI=1S/C14H11ClN4O/c1-9-6-13-14(7-12(9)16-8-20)18-19(17-13)11-4-2-10(15)3-5-11/h2-8H,1H3,(H,16,20). The van der Waals surface area contributed by atoms with Gasteiger partial charge >= 0.3 is 0 Å². The summed E-state index contributed by atoms with van der Waals surface area (Å²) < 4.78 is 0. The van der Waals surface area contributed by atoms with Crippen molar-refractivity contribution in [2.75, 3.05) is 5.32 Å². The summed E-state index contributed by atoms with van der Waals surface area (Å²) in [4.78, 5) is 12.1. The van der Waals surface area contributed by atoms with E-state index >= 15 is 0 Å². The molecule has 0 bridgehead atoms. The Morgan fingerprint density at radius 2 is 1.80 bits per heavy atom. The van der Waals surface area contributed by atoms with Gasteiger partial charge in [-0.25, -0.2) is 0 Å². The zero-order chi connectivity index (χ0) is 14.1. The fourth-order valence-corrected chi connectivity index (χ4v) is 2.10. The average Bonchev–Trinajstić information content (AvgIpc) is 2.83. The fraction of sp³-hybridized carbons (Fsp3) is 0.0714. The van der Waals surface area contributed by atoms with E-state index in [0.717, 1.165) is 28.0 Å². The van der Waals surface area contributed by atoms with Crippen molar-refractivity contribution in [2.45, 2.75) is 6.92 Å². The first-order chi connectivity index (χ1) is 9.67. The number of rotatable bonds is 3. The molecule has 0 saturated carbocycles. The first kappa shape index (κ1) is 12.6. The summed E-state index contributed by atoms with van der Waals surface area (Å²) in [5, 5.41) is 12.1. The van der Waals surface area contributed by atoms with Gasteiger partial charge in [0.2, 0.25) is 6.41 Å². The Kier molecular flexibility index (Phi) is 3.12. The lowest BCUT2D eigenvalue weighted by Crippen LogP contribution is -1.97. The van der Waals surface area contributed by atoms with Crippen molar-refractivity contribution < 1.29 is 4.79 Å². The Hall–Kier alpha value is -2.40. The van der Waals surface area contributed by atoms with Crippen molar-refractivity contribution in [1.82, 2.24) is 15.0 Å². The molecule has 0 radical (unpaired) electrons. The van der Waals surface area contributed by atoms with Crippen molar-refractivity contribution in [1.29, 1.82) is 0 Å². The first-order valence-electron chi connectivity index (χ1n) is 6.01. The number of benzene rings is 2. The van der Waals surface area contributed by atoms with Crippen LogP contribution < -0.4 is 5.32 Å². The third-order valence-electron chi connectivity index (χ3n) is 3.00. The molecule has 20 heavy (non-hydrogen) atoms. The molecule has 100 valence electrons. The maximum absolute atomic E-state index is 10.6. The molecule has 1 amide bonds. The van der Waals surface area contributed by atoms with Gasteiger partial charge in [0.25, 0.3) is 0 Å². The summed E-state index contributed by atoms with van der Waals surface area (Å²) in [6.45, 7) is 1.91. The average molecular weight is 287 g/mol. The van der Waals surface area contributed by atoms with Gasteiger partial charge in [0.15, 0.2) is 0 Å². The summed E-state index contributed by atoms with van der Waals surface area (Å²) in [6.07, 6.45) is 0.651. The smallest absolute Gasteiger partial charge is 0.211 e. The number of hydrogen-bond acceptors (Lipinski definition) is 3. The molecular formula is C14H11ClN4O. The molecule has 0 aliphatic rings. The number of anilines is 1. The minimum Gasteiger partial charge on any atom is -0.328 e. The van der Waals surface area contributed by atoms with Gasteiger partial charge in [0.05, 0.1) is 5.69 Å². The minimum atomic E-state index is 0.651. The third kappa shape index (κ3) is 2.23. The van der Waals surface area contributed by atoms with E-state index in [9.17, 15) is 4.79 Å². The molecule has 3 aromatic rings. The van der Waals surface area contributed by atoms with Crippen LogP contribution in [-0.2, 0) is 4.79 Å². The zero-order valence-electron chi connectivity index (χ0n) is 10.7. The van der Waals surface area contributed by atoms with E-state index in [4.69, 9.17) is 11.6 Å². The fourth-order valence-electron chi connectivity index (χ4n) is 1.98. The van der Waals surface area contributed by atoms with Gasteiger partial charge in [-0.15, -0.1) is 10.2 Å². The number of hydrogen-bond donors (Lipinski definition) is 1. The van der Waals surface area contributed by atoms with Crippen molar-refractivity contribution in [3.05, 3.63) is 47.0 Å². The van der Waals surface area contributed by atoms with E-state index in [0.29, 0.717) is 11.4 Å². The van der Waals surface area contributed by atoms with Gasteiger partial charge in [-0.1, -0.05) is 11.6 Å². The summed E-state index contributed by atoms with van der Waals surface area (Å²) >= 11 is 5.86. The minimum absolute atomic E-state index is 0.651. The number of nitrogens with one attached hydrogen (secondary N) is 1. The van der Waals surface area contributed by atoms with Gasteiger partial charge in [-0.3, -0.25) is 4.79 Å². The van der Waals surface area contributed by atoms with Crippen LogP contribution in [0.1, 0.15) is 5.56 Å². The first-order valence-corrected chi connectivity index (χ1v) is 6.39. The molecule has 1 heterocycles. The predicted molar refractivity (Wildman–Crippen MR) is 78.3 cm³/mol. The van der Waals surface area contributed by atoms with Crippen LogP contribution >= 0.6 is 11.6 Å². The SMILES string of the molecule is Cc1cc2nn(-c3ccc(Cl)cc3)nc2cc1NC=O. The molecule has 6 heteroatoms. The van der Waals surface area contributed by atoms with Crippen molar-refractivity contribution >= 4 is 34.7 Å². The van der Waals surface area contributed by atoms with Crippen LogP contribution in [0.25, 0.3) is 16.7 Å². The molecular weight excluding hydrogens is 276 g/mol. The molecule has 0 fully saturated rings. The van der Waals surface area contributed by atoms with Crippen LogP contribution in [0.15, 0.2) is 36.4 Å². The van der Waals surface area contributed by atoms with Crippen LogP contribution in [0, 0.1) is 6.92 Å². The molecule has 0 saturated heterocycles. The Morgan fingerprint density at radius 1 is 1.15 bits per heavy atom. The number of carbonyl (C=O) groups is 1. The molecule has 3 rings (SSSR count). The van der Waals surface area contributed by atoms with Gasteiger partial charge in [-0.05, 0) is 48.9 Å². The van der Waals surface area contributed by atoms with Gasteiger partial charge in [-0.2, -0.15) is 4.80 Å². The Balaban J connectivity index is 2.10. The number of nitrogens with zero attached hydrogens (tertiary/aromatic N) is 3. The van der Waals surface area contributed by atoms with E-state index in [1.807, 2.05) is 25.1 Å². The molecule has 0 aliphatic heterocycles. The van der Waals surface area contributed by atoms with Crippen molar-refractivity contribution in [2.24, 2.45) is 0 Å².